The third-order valence-corrected chi connectivity index (χ3v) is 3.58. The third-order valence-electron chi connectivity index (χ3n) is 3.58. The third kappa shape index (κ3) is 4.06. The molecule has 0 aliphatic rings. The summed E-state index contributed by atoms with van der Waals surface area (Å²) < 4.78 is 24.0. The van der Waals surface area contributed by atoms with Gasteiger partial charge in [0.2, 0.25) is 0 Å². The van der Waals surface area contributed by atoms with Crippen LogP contribution in [0, 0.1) is 5.82 Å². The first-order valence-electron chi connectivity index (χ1n) is 7.42. The average Bonchev–Trinajstić information content (AvgIpc) is 2.60. The van der Waals surface area contributed by atoms with E-state index in [1.54, 1.807) is 25.1 Å². The zero-order chi connectivity index (χ0) is 18.6. The molecule has 1 amide bonds. The van der Waals surface area contributed by atoms with Crippen LogP contribution in [0.15, 0.2) is 36.4 Å². The van der Waals surface area contributed by atoms with Crippen LogP contribution in [-0.4, -0.2) is 40.2 Å². The number of amides is 1. The fourth-order valence-electron chi connectivity index (χ4n) is 2.20. The molecule has 6 nitrogen and oxygen atoms in total. The summed E-state index contributed by atoms with van der Waals surface area (Å²) in [4.78, 5) is 25.6. The van der Waals surface area contributed by atoms with E-state index in [1.165, 1.54) is 44.6 Å². The van der Waals surface area contributed by atoms with Crippen LogP contribution in [0.5, 0.6) is 5.75 Å². The maximum Gasteiger partial charge on any atom is 0.337 e. The van der Waals surface area contributed by atoms with Crippen molar-refractivity contribution in [2.75, 3.05) is 38.5 Å². The SMILES string of the molecule is COC(=O)c1ccc(NC(=O)c2ccc(N(C)C)cc2F)c(OC)c1. The van der Waals surface area contributed by atoms with Gasteiger partial charge in [0.25, 0.3) is 5.91 Å². The molecule has 2 aromatic carbocycles. The highest BCUT2D eigenvalue weighted by atomic mass is 19.1. The molecule has 0 radical (unpaired) electrons. The molecule has 0 aliphatic carbocycles. The van der Waals surface area contributed by atoms with E-state index in [9.17, 15) is 14.0 Å². The number of benzene rings is 2. The Morgan fingerprint density at radius 3 is 2.36 bits per heavy atom. The Labute approximate surface area is 145 Å². The Morgan fingerprint density at radius 2 is 1.80 bits per heavy atom. The number of anilines is 2. The van der Waals surface area contributed by atoms with Gasteiger partial charge in [0.1, 0.15) is 11.6 Å². The van der Waals surface area contributed by atoms with E-state index in [0.717, 1.165) is 0 Å². The lowest BCUT2D eigenvalue weighted by Crippen LogP contribution is -2.16. The molecule has 7 heteroatoms. The summed E-state index contributed by atoms with van der Waals surface area (Å²) >= 11 is 0. The molecular formula is C18H19FN2O4. The molecule has 0 aliphatic heterocycles. The molecule has 0 fully saturated rings. The molecule has 25 heavy (non-hydrogen) atoms. The molecule has 0 heterocycles. The summed E-state index contributed by atoms with van der Waals surface area (Å²) in [7, 11) is 6.23. The van der Waals surface area contributed by atoms with E-state index < -0.39 is 17.7 Å². The molecular weight excluding hydrogens is 327 g/mol. The number of ether oxygens (including phenoxy) is 2. The Hall–Kier alpha value is -3.09. The summed E-state index contributed by atoms with van der Waals surface area (Å²) in [5.41, 5.74) is 1.15. The number of nitrogens with one attached hydrogen (secondary N) is 1. The Kier molecular flexibility index (Phi) is 5.59. The Balaban J connectivity index is 2.27. The lowest BCUT2D eigenvalue weighted by atomic mass is 10.1. The van der Waals surface area contributed by atoms with Gasteiger partial charge >= 0.3 is 5.97 Å². The Morgan fingerprint density at radius 1 is 1.08 bits per heavy atom. The normalized spacial score (nSPS) is 10.1. The number of hydrogen-bond donors (Lipinski definition) is 1. The predicted octanol–water partition coefficient (Wildman–Crippen LogP) is 2.94. The number of carbonyl (C=O) groups is 2. The topological polar surface area (TPSA) is 67.9 Å². The predicted molar refractivity (Wildman–Crippen MR) is 93.0 cm³/mol. The minimum absolute atomic E-state index is 0.0929. The van der Waals surface area contributed by atoms with E-state index in [-0.39, 0.29) is 16.9 Å². The van der Waals surface area contributed by atoms with E-state index in [2.05, 4.69) is 10.1 Å². The van der Waals surface area contributed by atoms with E-state index in [0.29, 0.717) is 11.4 Å². The van der Waals surface area contributed by atoms with E-state index in [1.807, 2.05) is 0 Å². The number of rotatable bonds is 5. The number of methoxy groups -OCH3 is 2. The van der Waals surface area contributed by atoms with Gasteiger partial charge in [-0.2, -0.15) is 0 Å². The van der Waals surface area contributed by atoms with Gasteiger partial charge < -0.3 is 19.7 Å². The average molecular weight is 346 g/mol. The van der Waals surface area contributed by atoms with Crippen LogP contribution in [-0.2, 0) is 4.74 Å². The van der Waals surface area contributed by atoms with Gasteiger partial charge in [0, 0.05) is 19.8 Å². The minimum Gasteiger partial charge on any atom is -0.495 e. The zero-order valence-corrected chi connectivity index (χ0v) is 14.4. The first-order chi connectivity index (χ1) is 11.9. The molecule has 0 atom stereocenters. The molecule has 132 valence electrons. The van der Waals surface area contributed by atoms with Crippen molar-refractivity contribution in [3.05, 3.63) is 53.3 Å². The first-order valence-corrected chi connectivity index (χ1v) is 7.42. The molecule has 0 bridgehead atoms. The van der Waals surface area contributed by atoms with Gasteiger partial charge in [-0.1, -0.05) is 0 Å². The fraction of sp³-hybridized carbons (Fsp3) is 0.222. The zero-order valence-electron chi connectivity index (χ0n) is 14.4. The van der Waals surface area contributed by atoms with Crippen molar-refractivity contribution in [3.8, 4) is 5.75 Å². The summed E-state index contributed by atoms with van der Waals surface area (Å²) in [5.74, 6) is -1.51. The van der Waals surface area contributed by atoms with Crippen LogP contribution in [0.2, 0.25) is 0 Å². The smallest absolute Gasteiger partial charge is 0.337 e. The van der Waals surface area contributed by atoms with Crippen molar-refractivity contribution in [2.45, 2.75) is 0 Å². The van der Waals surface area contributed by atoms with E-state index in [4.69, 9.17) is 4.74 Å². The number of carbonyl (C=O) groups excluding carboxylic acids is 2. The number of hydrogen-bond acceptors (Lipinski definition) is 5. The second-order valence-corrected chi connectivity index (χ2v) is 5.42. The summed E-state index contributed by atoms with van der Waals surface area (Å²) in [6.07, 6.45) is 0. The van der Waals surface area contributed by atoms with Crippen LogP contribution in [0.4, 0.5) is 15.8 Å². The molecule has 0 aromatic heterocycles. The number of esters is 1. The van der Waals surface area contributed by atoms with Gasteiger partial charge in [-0.25, -0.2) is 9.18 Å². The van der Waals surface area contributed by atoms with Crippen molar-refractivity contribution in [1.82, 2.24) is 0 Å². The van der Waals surface area contributed by atoms with Crippen LogP contribution >= 0.6 is 0 Å². The van der Waals surface area contributed by atoms with Gasteiger partial charge in [-0.05, 0) is 36.4 Å². The second kappa shape index (κ2) is 7.65. The highest BCUT2D eigenvalue weighted by Gasteiger charge is 2.16. The molecule has 0 unspecified atom stereocenters. The number of halogens is 1. The second-order valence-electron chi connectivity index (χ2n) is 5.42. The lowest BCUT2D eigenvalue weighted by molar-refractivity contribution is 0.0600. The Bertz CT molecular complexity index is 806. The quantitative estimate of drug-likeness (QED) is 0.843. The van der Waals surface area contributed by atoms with E-state index >= 15 is 0 Å². The molecule has 1 N–H and O–H groups in total. The van der Waals surface area contributed by atoms with Gasteiger partial charge in [-0.3, -0.25) is 4.79 Å². The van der Waals surface area contributed by atoms with Crippen LogP contribution in [0.25, 0.3) is 0 Å². The van der Waals surface area contributed by atoms with Gasteiger partial charge in [-0.15, -0.1) is 0 Å². The molecule has 0 spiro atoms. The van der Waals surface area contributed by atoms with Crippen LogP contribution in [0.3, 0.4) is 0 Å². The van der Waals surface area contributed by atoms with Crippen molar-refractivity contribution in [2.24, 2.45) is 0 Å². The van der Waals surface area contributed by atoms with Crippen molar-refractivity contribution in [3.63, 3.8) is 0 Å². The standard InChI is InChI=1S/C18H19FN2O4/c1-21(2)12-6-7-13(14(19)10-12)17(22)20-15-8-5-11(18(23)25-4)9-16(15)24-3/h5-10H,1-4H3,(H,20,22). The minimum atomic E-state index is -0.631. The first kappa shape index (κ1) is 18.3. The van der Waals surface area contributed by atoms with Crippen molar-refractivity contribution < 1.29 is 23.5 Å². The largest absolute Gasteiger partial charge is 0.495 e. The maximum absolute atomic E-state index is 14.2. The van der Waals surface area contributed by atoms with Crippen LogP contribution in [0.1, 0.15) is 20.7 Å². The lowest BCUT2D eigenvalue weighted by Gasteiger charge is -2.14. The maximum atomic E-state index is 14.2. The van der Waals surface area contributed by atoms with Crippen molar-refractivity contribution in [1.29, 1.82) is 0 Å². The van der Waals surface area contributed by atoms with Gasteiger partial charge in [0.05, 0.1) is 31.0 Å². The monoisotopic (exact) mass is 346 g/mol. The van der Waals surface area contributed by atoms with Crippen molar-refractivity contribution >= 4 is 23.3 Å². The number of nitrogens with zero attached hydrogens (tertiary/aromatic N) is 1. The summed E-state index contributed by atoms with van der Waals surface area (Å²) in [6.45, 7) is 0. The fourth-order valence-corrected chi connectivity index (χ4v) is 2.20. The highest BCUT2D eigenvalue weighted by Crippen LogP contribution is 2.27. The molecule has 2 aromatic rings. The summed E-state index contributed by atoms with van der Waals surface area (Å²) in [5, 5.41) is 2.58. The summed E-state index contributed by atoms with van der Waals surface area (Å²) in [6, 6.07) is 8.76. The molecule has 0 saturated carbocycles. The molecule has 0 saturated heterocycles. The van der Waals surface area contributed by atoms with Crippen LogP contribution < -0.4 is 15.0 Å². The van der Waals surface area contributed by atoms with Gasteiger partial charge in [0.15, 0.2) is 0 Å². The highest BCUT2D eigenvalue weighted by molar-refractivity contribution is 6.05. The molecule has 2 rings (SSSR count).